The fourth-order valence-corrected chi connectivity index (χ4v) is 2.10. The summed E-state index contributed by atoms with van der Waals surface area (Å²) in [5, 5.41) is 9.49. The van der Waals surface area contributed by atoms with E-state index in [2.05, 4.69) is 20.5 Å². The molecule has 2 atom stereocenters. The van der Waals surface area contributed by atoms with Crippen molar-refractivity contribution >= 4 is 0 Å². The Kier molecular flexibility index (Phi) is 4.08. The van der Waals surface area contributed by atoms with Crippen LogP contribution in [0.1, 0.15) is 42.9 Å². The van der Waals surface area contributed by atoms with Gasteiger partial charge in [0, 0.05) is 6.04 Å². The van der Waals surface area contributed by atoms with E-state index < -0.39 is 17.8 Å². The Balaban J connectivity index is 2.19. The van der Waals surface area contributed by atoms with Crippen LogP contribution in [-0.2, 0) is 6.18 Å². The molecule has 0 aliphatic rings. The molecule has 108 valence electrons. The minimum absolute atomic E-state index is 0.214. The van der Waals surface area contributed by atoms with Gasteiger partial charge in [0.1, 0.15) is 12.2 Å². The largest absolute Gasteiger partial charge is 0.416 e. The fraction of sp³-hybridized carbons (Fsp3) is 0.385. The average Bonchev–Trinajstić information content (AvgIpc) is 2.91. The molecule has 20 heavy (non-hydrogen) atoms. The van der Waals surface area contributed by atoms with E-state index in [1.165, 1.54) is 18.5 Å². The highest BCUT2D eigenvalue weighted by atomic mass is 19.4. The number of aromatic amines is 1. The van der Waals surface area contributed by atoms with Crippen LogP contribution < -0.4 is 5.32 Å². The second kappa shape index (κ2) is 5.62. The quantitative estimate of drug-likeness (QED) is 0.906. The van der Waals surface area contributed by atoms with Crippen molar-refractivity contribution in [3.63, 3.8) is 0 Å². The van der Waals surface area contributed by atoms with Gasteiger partial charge in [-0.05, 0) is 25.5 Å². The van der Waals surface area contributed by atoms with Crippen molar-refractivity contribution in [1.82, 2.24) is 20.5 Å². The molecule has 2 N–H and O–H groups in total. The van der Waals surface area contributed by atoms with Crippen molar-refractivity contribution < 1.29 is 13.2 Å². The van der Waals surface area contributed by atoms with Crippen LogP contribution in [0.15, 0.2) is 30.6 Å². The number of H-pyrrole nitrogens is 1. The number of benzene rings is 1. The third-order valence-corrected chi connectivity index (χ3v) is 3.08. The van der Waals surface area contributed by atoms with E-state index in [4.69, 9.17) is 0 Å². The lowest BCUT2D eigenvalue weighted by atomic mass is 10.0. The molecule has 1 heterocycles. The predicted molar refractivity (Wildman–Crippen MR) is 67.8 cm³/mol. The first-order chi connectivity index (χ1) is 9.39. The van der Waals surface area contributed by atoms with Gasteiger partial charge in [-0.3, -0.25) is 5.10 Å². The Morgan fingerprint density at radius 3 is 2.45 bits per heavy atom. The van der Waals surface area contributed by atoms with Gasteiger partial charge in [-0.15, -0.1) is 0 Å². The number of nitrogens with one attached hydrogen (secondary N) is 2. The Bertz CT molecular complexity index is 551. The monoisotopic (exact) mass is 284 g/mol. The van der Waals surface area contributed by atoms with Crippen LogP contribution in [0.5, 0.6) is 0 Å². The van der Waals surface area contributed by atoms with Gasteiger partial charge in [0.05, 0.1) is 11.6 Å². The predicted octanol–water partition coefficient (Wildman–Crippen LogP) is 3.24. The molecule has 0 bridgehead atoms. The van der Waals surface area contributed by atoms with Crippen molar-refractivity contribution in [3.05, 3.63) is 47.5 Å². The zero-order chi connectivity index (χ0) is 14.8. The maximum absolute atomic E-state index is 13.0. The van der Waals surface area contributed by atoms with Gasteiger partial charge in [-0.25, -0.2) is 4.98 Å². The number of hydrogen-bond donors (Lipinski definition) is 2. The molecule has 4 nitrogen and oxygen atoms in total. The lowest BCUT2D eigenvalue weighted by molar-refractivity contribution is -0.138. The number of rotatable bonds is 4. The van der Waals surface area contributed by atoms with E-state index in [1.807, 2.05) is 6.92 Å². The van der Waals surface area contributed by atoms with Crippen LogP contribution in [0.2, 0.25) is 0 Å². The van der Waals surface area contributed by atoms with Gasteiger partial charge in [0.15, 0.2) is 0 Å². The molecule has 2 rings (SSSR count). The summed E-state index contributed by atoms with van der Waals surface area (Å²) in [6.07, 6.45) is -3.00. The van der Waals surface area contributed by atoms with Crippen LogP contribution in [0.3, 0.4) is 0 Å². The minimum Gasteiger partial charge on any atom is -0.301 e. The molecular formula is C13H15F3N4. The van der Waals surface area contributed by atoms with Crippen LogP contribution in [0.25, 0.3) is 0 Å². The van der Waals surface area contributed by atoms with Gasteiger partial charge in [-0.2, -0.15) is 18.3 Å². The first-order valence-electron chi connectivity index (χ1n) is 6.17. The Labute approximate surface area is 114 Å². The molecule has 1 aromatic heterocycles. The van der Waals surface area contributed by atoms with E-state index in [0.717, 1.165) is 6.07 Å². The number of nitrogens with zero attached hydrogens (tertiary/aromatic N) is 2. The first kappa shape index (κ1) is 14.5. The number of aromatic nitrogens is 3. The van der Waals surface area contributed by atoms with Crippen molar-refractivity contribution in [1.29, 1.82) is 0 Å². The maximum atomic E-state index is 13.0. The summed E-state index contributed by atoms with van der Waals surface area (Å²) < 4.78 is 38.9. The molecule has 0 saturated heterocycles. The molecule has 0 fully saturated rings. The van der Waals surface area contributed by atoms with Crippen LogP contribution in [-0.4, -0.2) is 15.2 Å². The highest BCUT2D eigenvalue weighted by Gasteiger charge is 2.34. The summed E-state index contributed by atoms with van der Waals surface area (Å²) >= 11 is 0. The van der Waals surface area contributed by atoms with Gasteiger partial charge in [-0.1, -0.05) is 18.2 Å². The van der Waals surface area contributed by atoms with Crippen molar-refractivity contribution in [2.24, 2.45) is 0 Å². The van der Waals surface area contributed by atoms with Crippen molar-refractivity contribution in [2.45, 2.75) is 32.1 Å². The molecule has 2 aromatic rings. The van der Waals surface area contributed by atoms with Gasteiger partial charge in [0.2, 0.25) is 0 Å². The standard InChI is InChI=1S/C13H15F3N4/c1-8(19-9(2)12-17-7-18-20-12)10-5-3-4-6-11(10)13(14,15)16/h3-9,19H,1-2H3,(H,17,18,20). The lowest BCUT2D eigenvalue weighted by Gasteiger charge is -2.22. The van der Waals surface area contributed by atoms with Gasteiger partial charge >= 0.3 is 6.18 Å². The van der Waals surface area contributed by atoms with Crippen LogP contribution in [0.4, 0.5) is 13.2 Å². The highest BCUT2D eigenvalue weighted by molar-refractivity contribution is 5.32. The summed E-state index contributed by atoms with van der Waals surface area (Å²) in [7, 11) is 0. The van der Waals surface area contributed by atoms with Gasteiger partial charge < -0.3 is 5.32 Å². The SMILES string of the molecule is CC(NC(C)c1ccccc1C(F)(F)F)c1ncn[nH]1. The number of halogens is 3. The lowest BCUT2D eigenvalue weighted by Crippen LogP contribution is -2.25. The third-order valence-electron chi connectivity index (χ3n) is 3.08. The molecule has 0 aliphatic heterocycles. The Hall–Kier alpha value is -1.89. The molecule has 7 heteroatoms. The Morgan fingerprint density at radius 1 is 1.15 bits per heavy atom. The molecule has 0 aliphatic carbocycles. The zero-order valence-corrected chi connectivity index (χ0v) is 11.1. The van der Waals surface area contributed by atoms with Gasteiger partial charge in [0.25, 0.3) is 0 Å². The second-order valence-corrected chi connectivity index (χ2v) is 4.57. The molecule has 0 radical (unpaired) electrons. The highest BCUT2D eigenvalue weighted by Crippen LogP contribution is 2.34. The summed E-state index contributed by atoms with van der Waals surface area (Å²) in [4.78, 5) is 3.98. The van der Waals surface area contributed by atoms with E-state index in [9.17, 15) is 13.2 Å². The zero-order valence-electron chi connectivity index (χ0n) is 11.1. The molecule has 1 aromatic carbocycles. The summed E-state index contributed by atoms with van der Waals surface area (Å²) in [6.45, 7) is 3.50. The average molecular weight is 284 g/mol. The number of alkyl halides is 3. The van der Waals surface area contributed by atoms with Crippen LogP contribution in [0, 0.1) is 0 Å². The summed E-state index contributed by atoms with van der Waals surface area (Å²) in [6, 6.07) is 4.86. The minimum atomic E-state index is -4.36. The summed E-state index contributed by atoms with van der Waals surface area (Å²) in [5.74, 6) is 0.585. The topological polar surface area (TPSA) is 53.6 Å². The molecular weight excluding hydrogens is 269 g/mol. The van der Waals surface area contributed by atoms with E-state index in [0.29, 0.717) is 5.82 Å². The normalized spacial score (nSPS) is 15.1. The number of hydrogen-bond acceptors (Lipinski definition) is 3. The molecule has 2 unspecified atom stereocenters. The van der Waals surface area contributed by atoms with Crippen molar-refractivity contribution in [2.75, 3.05) is 0 Å². The summed E-state index contributed by atoms with van der Waals surface area (Å²) in [5.41, 5.74) is -0.406. The third kappa shape index (κ3) is 3.16. The maximum Gasteiger partial charge on any atom is 0.416 e. The second-order valence-electron chi connectivity index (χ2n) is 4.57. The van der Waals surface area contributed by atoms with Crippen LogP contribution >= 0.6 is 0 Å². The van der Waals surface area contributed by atoms with Crippen molar-refractivity contribution in [3.8, 4) is 0 Å². The van der Waals surface area contributed by atoms with E-state index >= 15 is 0 Å². The smallest absolute Gasteiger partial charge is 0.301 e. The fourth-order valence-electron chi connectivity index (χ4n) is 2.10. The van der Waals surface area contributed by atoms with E-state index in [-0.39, 0.29) is 11.6 Å². The van der Waals surface area contributed by atoms with E-state index in [1.54, 1.807) is 13.0 Å². The molecule has 0 amide bonds. The molecule has 0 spiro atoms. The Morgan fingerprint density at radius 2 is 1.85 bits per heavy atom. The first-order valence-corrected chi connectivity index (χ1v) is 6.17. The molecule has 0 saturated carbocycles.